The third-order valence-corrected chi connectivity index (χ3v) is 2.26. The zero-order chi connectivity index (χ0) is 8.27. The lowest BCUT2D eigenvalue weighted by Gasteiger charge is -2.14. The fraction of sp³-hybridized carbons (Fsp3) is 0.750. The maximum Gasteiger partial charge on any atom is 0.0679 e. The van der Waals surface area contributed by atoms with Crippen LogP contribution in [-0.4, -0.2) is 41.6 Å². The summed E-state index contributed by atoms with van der Waals surface area (Å²) in [7, 11) is 0. The number of rotatable bonds is 3. The Kier molecular flexibility index (Phi) is 3.37. The maximum atomic E-state index is 9.18. The molecular formula is C8H14ClNO. The highest BCUT2D eigenvalue weighted by molar-refractivity contribution is 6.19. The molecule has 1 aliphatic rings. The molecule has 1 aliphatic heterocycles. The lowest BCUT2D eigenvalue weighted by Crippen LogP contribution is -2.24. The van der Waals surface area contributed by atoms with Gasteiger partial charge in [0.15, 0.2) is 0 Å². The van der Waals surface area contributed by atoms with Crippen molar-refractivity contribution < 1.29 is 5.11 Å². The second-order valence-electron chi connectivity index (χ2n) is 3.06. The van der Waals surface area contributed by atoms with Crippen LogP contribution in [-0.2, 0) is 0 Å². The average Bonchev–Trinajstić information content (AvgIpc) is 2.35. The molecule has 1 fully saturated rings. The van der Waals surface area contributed by atoms with Crippen molar-refractivity contribution >= 4 is 11.6 Å². The van der Waals surface area contributed by atoms with Crippen LogP contribution in [0.2, 0.25) is 0 Å². The Morgan fingerprint density at radius 1 is 1.73 bits per heavy atom. The third kappa shape index (κ3) is 2.81. The number of β-amino-alcohol motifs (C(OH)–C–C–N with tert-alkyl or cyclic N) is 1. The molecule has 1 N–H and O–H groups in total. The normalized spacial score (nSPS) is 25.8. The van der Waals surface area contributed by atoms with Gasteiger partial charge in [0.2, 0.25) is 0 Å². The van der Waals surface area contributed by atoms with Gasteiger partial charge in [-0.1, -0.05) is 6.58 Å². The Labute approximate surface area is 72.5 Å². The van der Waals surface area contributed by atoms with E-state index in [4.69, 9.17) is 11.6 Å². The molecule has 3 heteroatoms. The van der Waals surface area contributed by atoms with E-state index in [1.165, 1.54) is 0 Å². The van der Waals surface area contributed by atoms with E-state index in [-0.39, 0.29) is 6.10 Å². The lowest BCUT2D eigenvalue weighted by molar-refractivity contribution is 0.179. The number of nitrogens with zero attached hydrogens (tertiary/aromatic N) is 1. The van der Waals surface area contributed by atoms with Crippen molar-refractivity contribution in [2.45, 2.75) is 12.5 Å². The minimum absolute atomic E-state index is 0.141. The number of aliphatic hydroxyl groups excluding tert-OH is 1. The first-order chi connectivity index (χ1) is 5.22. The molecule has 11 heavy (non-hydrogen) atoms. The molecule has 0 aromatic carbocycles. The van der Waals surface area contributed by atoms with Crippen LogP contribution in [0.1, 0.15) is 6.42 Å². The molecule has 1 saturated heterocycles. The van der Waals surface area contributed by atoms with Gasteiger partial charge < -0.3 is 5.11 Å². The maximum absolute atomic E-state index is 9.18. The van der Waals surface area contributed by atoms with Crippen molar-refractivity contribution in [2.75, 3.05) is 25.5 Å². The molecule has 0 bridgehead atoms. The second kappa shape index (κ2) is 4.10. The van der Waals surface area contributed by atoms with Gasteiger partial charge in [0.1, 0.15) is 0 Å². The molecular weight excluding hydrogens is 162 g/mol. The van der Waals surface area contributed by atoms with Crippen molar-refractivity contribution in [3.05, 3.63) is 12.2 Å². The smallest absolute Gasteiger partial charge is 0.0679 e. The number of halogens is 1. The molecule has 0 saturated carbocycles. The molecule has 1 heterocycles. The van der Waals surface area contributed by atoms with Crippen LogP contribution in [0.3, 0.4) is 0 Å². The molecule has 1 unspecified atom stereocenters. The minimum Gasteiger partial charge on any atom is -0.392 e. The average molecular weight is 176 g/mol. The van der Waals surface area contributed by atoms with Gasteiger partial charge in [-0.2, -0.15) is 0 Å². The summed E-state index contributed by atoms with van der Waals surface area (Å²) in [5, 5.41) is 9.18. The van der Waals surface area contributed by atoms with Crippen LogP contribution < -0.4 is 0 Å². The second-order valence-corrected chi connectivity index (χ2v) is 3.33. The molecule has 1 rings (SSSR count). The van der Waals surface area contributed by atoms with Crippen molar-refractivity contribution in [2.24, 2.45) is 0 Å². The highest BCUT2D eigenvalue weighted by Gasteiger charge is 2.19. The fourth-order valence-corrected chi connectivity index (χ4v) is 1.40. The fourth-order valence-electron chi connectivity index (χ4n) is 1.31. The topological polar surface area (TPSA) is 23.5 Å². The summed E-state index contributed by atoms with van der Waals surface area (Å²) in [5.41, 5.74) is 1.03. The highest BCUT2D eigenvalue weighted by atomic mass is 35.5. The van der Waals surface area contributed by atoms with Gasteiger partial charge in [-0.05, 0) is 12.0 Å². The number of aliphatic hydroxyl groups is 1. The number of hydrogen-bond donors (Lipinski definition) is 1. The van der Waals surface area contributed by atoms with Crippen LogP contribution >= 0.6 is 11.6 Å². The first-order valence-corrected chi connectivity index (χ1v) is 4.39. The van der Waals surface area contributed by atoms with E-state index < -0.39 is 0 Å². The Balaban J connectivity index is 2.23. The predicted octanol–water partition coefficient (Wildman–Crippen LogP) is 0.848. The SMILES string of the molecule is C=C(CCl)CN1CCC(O)C1. The van der Waals surface area contributed by atoms with Crippen molar-refractivity contribution in [3.63, 3.8) is 0 Å². The molecule has 0 amide bonds. The Morgan fingerprint density at radius 3 is 2.91 bits per heavy atom. The Bertz CT molecular complexity index is 149. The first-order valence-electron chi connectivity index (χ1n) is 3.85. The monoisotopic (exact) mass is 175 g/mol. The summed E-state index contributed by atoms with van der Waals surface area (Å²) in [6.45, 7) is 6.38. The molecule has 64 valence electrons. The summed E-state index contributed by atoms with van der Waals surface area (Å²) in [4.78, 5) is 2.18. The number of alkyl halides is 1. The van der Waals surface area contributed by atoms with E-state index in [1.807, 2.05) is 0 Å². The highest BCUT2D eigenvalue weighted by Crippen LogP contribution is 2.10. The van der Waals surface area contributed by atoms with Crippen LogP contribution in [0.4, 0.5) is 0 Å². The van der Waals surface area contributed by atoms with Crippen LogP contribution in [0.25, 0.3) is 0 Å². The van der Waals surface area contributed by atoms with E-state index in [2.05, 4.69) is 11.5 Å². The molecule has 0 aromatic heterocycles. The quantitative estimate of drug-likeness (QED) is 0.508. The van der Waals surface area contributed by atoms with Gasteiger partial charge in [0, 0.05) is 25.5 Å². The van der Waals surface area contributed by atoms with Gasteiger partial charge in [0.25, 0.3) is 0 Å². The molecule has 0 spiro atoms. The minimum atomic E-state index is -0.141. The first kappa shape index (κ1) is 9.04. The molecule has 0 aromatic rings. The summed E-state index contributed by atoms with van der Waals surface area (Å²) in [6, 6.07) is 0. The molecule has 1 atom stereocenters. The van der Waals surface area contributed by atoms with E-state index in [0.29, 0.717) is 5.88 Å². The Morgan fingerprint density at radius 2 is 2.45 bits per heavy atom. The van der Waals surface area contributed by atoms with Gasteiger partial charge in [-0.3, -0.25) is 4.90 Å². The number of likely N-dealkylation sites (tertiary alicyclic amines) is 1. The standard InChI is InChI=1S/C8H14ClNO/c1-7(4-9)5-10-3-2-8(11)6-10/h8,11H,1-6H2. The van der Waals surface area contributed by atoms with Crippen LogP contribution in [0.5, 0.6) is 0 Å². The summed E-state index contributed by atoms with van der Waals surface area (Å²) in [6.07, 6.45) is 0.744. The van der Waals surface area contributed by atoms with Gasteiger partial charge in [-0.15, -0.1) is 11.6 Å². The zero-order valence-electron chi connectivity index (χ0n) is 6.59. The van der Waals surface area contributed by atoms with Gasteiger partial charge >= 0.3 is 0 Å². The van der Waals surface area contributed by atoms with Crippen molar-refractivity contribution in [1.29, 1.82) is 0 Å². The molecule has 2 nitrogen and oxygen atoms in total. The number of hydrogen-bond acceptors (Lipinski definition) is 2. The zero-order valence-corrected chi connectivity index (χ0v) is 7.35. The summed E-state index contributed by atoms with van der Waals surface area (Å²) >= 11 is 5.58. The van der Waals surface area contributed by atoms with E-state index in [0.717, 1.165) is 31.6 Å². The largest absolute Gasteiger partial charge is 0.392 e. The van der Waals surface area contributed by atoms with E-state index in [9.17, 15) is 5.11 Å². The molecule has 0 radical (unpaired) electrons. The van der Waals surface area contributed by atoms with Crippen LogP contribution in [0.15, 0.2) is 12.2 Å². The van der Waals surface area contributed by atoms with Gasteiger partial charge in [0.05, 0.1) is 6.10 Å². The Hall–Kier alpha value is -0.0500. The lowest BCUT2D eigenvalue weighted by atomic mass is 10.3. The van der Waals surface area contributed by atoms with Gasteiger partial charge in [-0.25, -0.2) is 0 Å². The van der Waals surface area contributed by atoms with Crippen LogP contribution in [0, 0.1) is 0 Å². The van der Waals surface area contributed by atoms with Crippen molar-refractivity contribution in [3.8, 4) is 0 Å². The molecule has 0 aliphatic carbocycles. The predicted molar refractivity (Wildman–Crippen MR) is 46.9 cm³/mol. The van der Waals surface area contributed by atoms with Crippen molar-refractivity contribution in [1.82, 2.24) is 4.90 Å². The van der Waals surface area contributed by atoms with E-state index in [1.54, 1.807) is 0 Å². The van der Waals surface area contributed by atoms with E-state index >= 15 is 0 Å². The third-order valence-electron chi connectivity index (χ3n) is 1.88. The summed E-state index contributed by atoms with van der Waals surface area (Å²) in [5.74, 6) is 0.520. The summed E-state index contributed by atoms with van der Waals surface area (Å²) < 4.78 is 0.